The molecule has 0 aliphatic heterocycles. The number of rotatable bonds is 5. The van der Waals surface area contributed by atoms with Crippen LogP contribution >= 0.6 is 15.2 Å². The minimum Gasteiger partial charge on any atom is -0.776 e. The van der Waals surface area contributed by atoms with Crippen LogP contribution in [0.3, 0.4) is 0 Å². The van der Waals surface area contributed by atoms with Crippen molar-refractivity contribution < 1.29 is 48.8 Å². The molecule has 22 heavy (non-hydrogen) atoms. The molecular formula is C9H11NO10P2-2. The van der Waals surface area contributed by atoms with Gasteiger partial charge in [-0.15, -0.1) is 0 Å². The van der Waals surface area contributed by atoms with E-state index in [1.807, 2.05) is 0 Å². The van der Waals surface area contributed by atoms with Crippen molar-refractivity contribution in [1.29, 1.82) is 0 Å². The summed E-state index contributed by atoms with van der Waals surface area (Å²) in [5.74, 6) is -2.93. The number of hydrogen-bond donors (Lipinski definition) is 6. The fraction of sp³-hybridized carbons (Fsp3) is 0.222. The Morgan fingerprint density at radius 1 is 1.18 bits per heavy atom. The highest BCUT2D eigenvalue weighted by Crippen LogP contribution is 2.64. The quantitative estimate of drug-likeness (QED) is 0.257. The van der Waals surface area contributed by atoms with E-state index in [2.05, 4.69) is 0 Å². The van der Waals surface area contributed by atoms with Gasteiger partial charge in [0.15, 0.2) is 31.8 Å². The fourth-order valence-corrected chi connectivity index (χ4v) is 3.37. The van der Waals surface area contributed by atoms with Crippen LogP contribution in [-0.2, 0) is 13.9 Å². The Bertz CT molecular complexity index is 655. The highest BCUT2D eigenvalue weighted by Gasteiger charge is 2.48. The lowest BCUT2D eigenvalue weighted by Crippen LogP contribution is -2.40. The van der Waals surface area contributed by atoms with Crippen molar-refractivity contribution in [2.24, 2.45) is 0 Å². The summed E-state index contributed by atoms with van der Waals surface area (Å²) in [6.45, 7) is 0. The molecule has 1 amide bonds. The first kappa shape index (κ1) is 18.6. The van der Waals surface area contributed by atoms with E-state index >= 15 is 0 Å². The number of carbonyl (C=O) groups excluding carboxylic acids is 1. The summed E-state index contributed by atoms with van der Waals surface area (Å²) in [6, 6.07) is 3.31. The Morgan fingerprint density at radius 2 is 1.68 bits per heavy atom. The van der Waals surface area contributed by atoms with Crippen LogP contribution in [0.25, 0.3) is 0 Å². The number of phenols is 2. The molecule has 0 radical (unpaired) electrons. The van der Waals surface area contributed by atoms with Crippen molar-refractivity contribution in [2.45, 2.75) is 11.5 Å². The van der Waals surface area contributed by atoms with Gasteiger partial charge in [-0.25, -0.2) is 0 Å². The molecule has 0 aliphatic carbocycles. The van der Waals surface area contributed by atoms with Crippen LogP contribution in [0.5, 0.6) is 11.5 Å². The summed E-state index contributed by atoms with van der Waals surface area (Å²) in [6.07, 6.45) is -1.77. The predicted octanol–water partition coefficient (Wildman–Crippen LogP) is -1.84. The summed E-state index contributed by atoms with van der Waals surface area (Å²) >= 11 is 0. The molecule has 0 bridgehead atoms. The summed E-state index contributed by atoms with van der Waals surface area (Å²) < 4.78 is 21.9. The van der Waals surface area contributed by atoms with Crippen LogP contribution in [0.15, 0.2) is 18.2 Å². The zero-order valence-electron chi connectivity index (χ0n) is 10.6. The highest BCUT2D eigenvalue weighted by atomic mass is 31.2. The van der Waals surface area contributed by atoms with Gasteiger partial charge in [-0.3, -0.25) is 4.79 Å². The van der Waals surface area contributed by atoms with Crippen molar-refractivity contribution in [1.82, 2.24) is 0 Å². The molecule has 0 saturated heterocycles. The molecule has 0 aromatic heterocycles. The van der Waals surface area contributed by atoms with Crippen LogP contribution < -0.4 is 15.1 Å². The standard InChI is InChI=1S/C9H13NO10P2/c11-6-3-1-2-5(8(6)13)10-7(12)4-9(14,21(15,16)17)22(18,19)20/h1-3,11,13-14H,4H2,(H,10,12)(H2,15,16,17)(H2,18,19,20)/p-2. The second kappa shape index (κ2) is 5.98. The van der Waals surface area contributed by atoms with E-state index < -0.39 is 49.8 Å². The van der Waals surface area contributed by atoms with Crippen molar-refractivity contribution in [3.8, 4) is 11.5 Å². The molecule has 0 fully saturated rings. The van der Waals surface area contributed by atoms with E-state index in [9.17, 15) is 39.0 Å². The maximum atomic E-state index is 11.6. The van der Waals surface area contributed by atoms with Gasteiger partial charge in [0.1, 0.15) is 0 Å². The average Bonchev–Trinajstić information content (AvgIpc) is 2.32. The molecule has 2 unspecified atom stereocenters. The topological polar surface area (TPSA) is 211 Å². The number of nitrogens with one attached hydrogen (secondary N) is 1. The molecule has 13 heteroatoms. The second-order valence-corrected chi connectivity index (χ2v) is 8.13. The van der Waals surface area contributed by atoms with Gasteiger partial charge in [0.25, 0.3) is 0 Å². The largest absolute Gasteiger partial charge is 0.776 e. The maximum absolute atomic E-state index is 11.6. The number of amides is 1. The third-order valence-electron chi connectivity index (χ3n) is 2.59. The van der Waals surface area contributed by atoms with Crippen molar-refractivity contribution in [3.05, 3.63) is 18.2 Å². The van der Waals surface area contributed by atoms with E-state index in [1.165, 1.54) is 6.07 Å². The van der Waals surface area contributed by atoms with Crippen LogP contribution in [0.4, 0.5) is 5.69 Å². The first-order chi connectivity index (χ1) is 9.79. The molecule has 1 aromatic rings. The fourth-order valence-electron chi connectivity index (χ4n) is 1.40. The molecule has 1 rings (SSSR count). The first-order valence-electron chi connectivity index (χ1n) is 5.40. The zero-order chi connectivity index (χ0) is 17.3. The maximum Gasteiger partial charge on any atom is 0.228 e. The summed E-state index contributed by atoms with van der Waals surface area (Å²) in [5.41, 5.74) is -0.426. The van der Waals surface area contributed by atoms with Crippen LogP contribution in [0, 0.1) is 0 Å². The van der Waals surface area contributed by atoms with Gasteiger partial charge in [0.05, 0.1) is 12.1 Å². The lowest BCUT2D eigenvalue weighted by Gasteiger charge is -2.41. The number of para-hydroxylation sites is 1. The Labute approximate surface area is 123 Å². The lowest BCUT2D eigenvalue weighted by atomic mass is 10.2. The van der Waals surface area contributed by atoms with Gasteiger partial charge in [-0.05, 0) is 12.1 Å². The lowest BCUT2D eigenvalue weighted by molar-refractivity contribution is -0.226. The van der Waals surface area contributed by atoms with Gasteiger partial charge in [0.2, 0.25) is 5.91 Å². The second-order valence-electron chi connectivity index (χ2n) is 4.21. The first-order valence-corrected chi connectivity index (χ1v) is 8.56. The van der Waals surface area contributed by atoms with Crippen LogP contribution in [0.2, 0.25) is 0 Å². The van der Waals surface area contributed by atoms with Gasteiger partial charge in [-0.2, -0.15) is 0 Å². The molecule has 0 spiro atoms. The Morgan fingerprint density at radius 3 is 2.14 bits per heavy atom. The SMILES string of the molecule is O=C(CC(O)(P(=O)([O-])O)P(=O)([O-])O)Nc1cccc(O)c1O. The highest BCUT2D eigenvalue weighted by molar-refractivity contribution is 7.70. The minimum atomic E-state index is -6.08. The van der Waals surface area contributed by atoms with E-state index in [1.54, 1.807) is 5.32 Å². The van der Waals surface area contributed by atoms with Crippen LogP contribution in [0.1, 0.15) is 6.42 Å². The van der Waals surface area contributed by atoms with Gasteiger partial charge in [0, 0.05) is 0 Å². The molecule has 6 N–H and O–H groups in total. The van der Waals surface area contributed by atoms with Crippen molar-refractivity contribution >= 4 is 26.8 Å². The monoisotopic (exact) mass is 355 g/mol. The molecule has 1 aromatic carbocycles. The van der Waals surface area contributed by atoms with E-state index in [-0.39, 0.29) is 0 Å². The third-order valence-corrected chi connectivity index (χ3v) is 6.23. The molecular weight excluding hydrogens is 344 g/mol. The molecule has 0 heterocycles. The smallest absolute Gasteiger partial charge is 0.228 e. The average molecular weight is 355 g/mol. The number of carbonyl (C=O) groups is 1. The molecule has 11 nitrogen and oxygen atoms in total. The van der Waals surface area contributed by atoms with Gasteiger partial charge >= 0.3 is 0 Å². The molecule has 0 aliphatic rings. The zero-order valence-corrected chi connectivity index (χ0v) is 12.4. The van der Waals surface area contributed by atoms with Crippen LogP contribution in [-0.4, -0.2) is 36.1 Å². The van der Waals surface area contributed by atoms with E-state index in [0.717, 1.165) is 12.1 Å². The molecule has 124 valence electrons. The molecule has 0 saturated carbocycles. The number of aliphatic hydroxyl groups is 1. The number of benzene rings is 1. The predicted molar refractivity (Wildman–Crippen MR) is 67.6 cm³/mol. The van der Waals surface area contributed by atoms with E-state index in [0.29, 0.717) is 0 Å². The normalized spacial score (nSPS) is 19.5. The van der Waals surface area contributed by atoms with Gasteiger partial charge < -0.3 is 49.3 Å². The number of anilines is 1. The van der Waals surface area contributed by atoms with Gasteiger partial charge in [-0.1, -0.05) is 6.07 Å². The summed E-state index contributed by atoms with van der Waals surface area (Å²) in [4.78, 5) is 50.9. The number of hydrogen-bond acceptors (Lipinski definition) is 8. The molecule has 2 atom stereocenters. The third kappa shape index (κ3) is 3.65. The summed E-state index contributed by atoms with van der Waals surface area (Å²) in [5, 5.41) is 25.7. The minimum absolute atomic E-state index is 0.426. The van der Waals surface area contributed by atoms with Crippen molar-refractivity contribution in [3.63, 3.8) is 0 Å². The van der Waals surface area contributed by atoms with Crippen molar-refractivity contribution in [2.75, 3.05) is 5.32 Å². The Kier molecular flexibility index (Phi) is 5.05. The van der Waals surface area contributed by atoms with E-state index in [4.69, 9.17) is 9.79 Å². The number of phenolic OH excluding ortho intramolecular Hbond substituents is 2. The number of aromatic hydroxyl groups is 2. The Balaban J connectivity index is 3.07. The summed E-state index contributed by atoms with van der Waals surface area (Å²) in [7, 11) is -12.2. The Hall–Kier alpha value is -1.45.